The lowest BCUT2D eigenvalue weighted by atomic mass is 9.87. The zero-order valence-electron chi connectivity index (χ0n) is 40.6. The number of nitriles is 1. The van der Waals surface area contributed by atoms with Gasteiger partial charge in [0.2, 0.25) is 5.91 Å². The first-order valence-electron chi connectivity index (χ1n) is 23.9. The second-order valence-corrected chi connectivity index (χ2v) is 19.1. The Morgan fingerprint density at radius 1 is 0.826 bits per heavy atom. The van der Waals surface area contributed by atoms with Gasteiger partial charge in [0, 0.05) is 98.7 Å². The van der Waals surface area contributed by atoms with Crippen LogP contribution in [0.3, 0.4) is 0 Å². The third-order valence-corrected chi connectivity index (χ3v) is 14.4. The number of ether oxygens (including phenoxy) is 2. The number of amides is 3. The van der Waals surface area contributed by atoms with Crippen molar-refractivity contribution in [3.8, 4) is 40.0 Å². The lowest BCUT2D eigenvalue weighted by molar-refractivity contribution is -0.131. The van der Waals surface area contributed by atoms with Gasteiger partial charge in [0.15, 0.2) is 0 Å². The Hall–Kier alpha value is -7.14. The van der Waals surface area contributed by atoms with Gasteiger partial charge in [-0.25, -0.2) is 0 Å². The van der Waals surface area contributed by atoms with Crippen molar-refractivity contribution in [2.75, 3.05) is 38.1 Å². The third-order valence-electron chi connectivity index (χ3n) is 14.4. The second-order valence-electron chi connectivity index (χ2n) is 19.1. The van der Waals surface area contributed by atoms with Crippen molar-refractivity contribution in [3.63, 3.8) is 0 Å². The lowest BCUT2D eigenvalue weighted by Gasteiger charge is -2.36. The van der Waals surface area contributed by atoms with Crippen LogP contribution >= 0.6 is 0 Å². The number of hydrogen-bond donors (Lipinski definition) is 2. The van der Waals surface area contributed by atoms with Crippen LogP contribution < -0.4 is 10.1 Å². The van der Waals surface area contributed by atoms with Crippen molar-refractivity contribution >= 4 is 23.4 Å². The molecule has 3 aliphatic rings. The Balaban J connectivity index is 1.06. The highest BCUT2D eigenvalue weighted by Crippen LogP contribution is 2.44. The molecule has 0 saturated carbocycles. The highest BCUT2D eigenvalue weighted by atomic mass is 16.5. The summed E-state index contributed by atoms with van der Waals surface area (Å²) in [6.45, 7) is 14.5. The molecule has 0 bridgehead atoms. The predicted octanol–water partition coefficient (Wildman–Crippen LogP) is 8.35. The SMILES string of the molecule is Cc1c(-c2c(C(=O)Nc3ccc(O)cc3)c(C)n(C)c2-c2cc3c(cc2C(=O)N2Cc4ccccc4C[C@H]2C)CN(C(=O)Cc2ccc(OCCN4C[C@@H](C)O[C@@H](C)C4)cc2)CC3)cc(C#N)n1C. The number of hydrogen-bond acceptors (Lipinski definition) is 8. The summed E-state index contributed by atoms with van der Waals surface area (Å²) in [5.41, 5.74) is 11.1. The van der Waals surface area contributed by atoms with E-state index in [-0.39, 0.29) is 48.1 Å². The van der Waals surface area contributed by atoms with E-state index >= 15 is 4.79 Å². The van der Waals surface area contributed by atoms with Crippen LogP contribution in [0.15, 0.2) is 91.0 Å². The van der Waals surface area contributed by atoms with E-state index in [0.29, 0.717) is 89.7 Å². The molecule has 0 unspecified atom stereocenters. The molecule has 0 aliphatic carbocycles. The standard InChI is InChI=1S/C56H61N7O6/c1-34-24-40-10-8-9-11-42(40)33-63(34)56(67)50-27-43-32-62(51(65)25-39-12-18-47(19-13-39)68-23-22-61-30-35(2)69-36(3)31-61)21-20-41(43)26-49(50)54-53(48-28-45(29-57)59(6)37(48)4)52(38(5)60(54)7)55(66)58-44-14-16-46(64)17-15-44/h8-19,26-28,34-36,64H,20-25,30-33H2,1-7H3,(H,58,66)/t34-,35-,36+/m1/s1. The number of rotatable bonds is 11. The molecule has 3 aliphatic heterocycles. The van der Waals surface area contributed by atoms with Crippen LogP contribution in [-0.2, 0) is 56.0 Å². The van der Waals surface area contributed by atoms with Gasteiger partial charge in [-0.2, -0.15) is 5.26 Å². The zero-order valence-corrected chi connectivity index (χ0v) is 40.6. The fourth-order valence-electron chi connectivity index (χ4n) is 10.5. The molecule has 6 aromatic rings. The van der Waals surface area contributed by atoms with Crippen LogP contribution in [0.5, 0.6) is 11.5 Å². The molecule has 1 saturated heterocycles. The number of anilines is 1. The van der Waals surface area contributed by atoms with E-state index < -0.39 is 0 Å². The van der Waals surface area contributed by atoms with Crippen molar-refractivity contribution in [1.29, 1.82) is 5.26 Å². The number of nitrogens with zero attached hydrogens (tertiary/aromatic N) is 6. The largest absolute Gasteiger partial charge is 0.508 e. The monoisotopic (exact) mass is 927 g/mol. The van der Waals surface area contributed by atoms with Crippen molar-refractivity contribution in [2.45, 2.75) is 85.2 Å². The van der Waals surface area contributed by atoms with E-state index in [0.717, 1.165) is 53.3 Å². The summed E-state index contributed by atoms with van der Waals surface area (Å²) >= 11 is 0. The van der Waals surface area contributed by atoms with Gasteiger partial charge in [-0.05, 0) is 130 Å². The van der Waals surface area contributed by atoms with Crippen molar-refractivity contribution in [3.05, 3.63) is 147 Å². The fourth-order valence-corrected chi connectivity index (χ4v) is 10.5. The topological polar surface area (TPSA) is 145 Å². The molecule has 13 nitrogen and oxygen atoms in total. The van der Waals surface area contributed by atoms with Crippen molar-refractivity contribution < 1.29 is 29.0 Å². The fraction of sp³-hybridized carbons (Fsp3) is 0.357. The number of carbonyl (C=O) groups is 3. The van der Waals surface area contributed by atoms with Crippen molar-refractivity contribution in [1.82, 2.24) is 23.8 Å². The average molecular weight is 928 g/mol. The van der Waals surface area contributed by atoms with Gasteiger partial charge >= 0.3 is 0 Å². The molecule has 0 radical (unpaired) electrons. The molecule has 3 amide bonds. The van der Waals surface area contributed by atoms with Gasteiger partial charge in [-0.15, -0.1) is 0 Å². The highest BCUT2D eigenvalue weighted by Gasteiger charge is 2.35. The first kappa shape index (κ1) is 46.9. The molecule has 2 aromatic heterocycles. The van der Waals surface area contributed by atoms with Gasteiger partial charge in [-0.1, -0.05) is 36.4 Å². The molecule has 2 N–H and O–H groups in total. The van der Waals surface area contributed by atoms with E-state index in [1.807, 2.05) is 95.4 Å². The van der Waals surface area contributed by atoms with E-state index in [9.17, 15) is 20.0 Å². The van der Waals surface area contributed by atoms with E-state index in [1.54, 1.807) is 12.1 Å². The average Bonchev–Trinajstić information content (AvgIpc) is 3.77. The van der Waals surface area contributed by atoms with Crippen LogP contribution in [0.2, 0.25) is 0 Å². The smallest absolute Gasteiger partial charge is 0.258 e. The van der Waals surface area contributed by atoms with Gasteiger partial charge in [-0.3, -0.25) is 19.3 Å². The maximum absolute atomic E-state index is 15.5. The number of fused-ring (bicyclic) bond motifs is 2. The summed E-state index contributed by atoms with van der Waals surface area (Å²) in [6.07, 6.45) is 1.91. The van der Waals surface area contributed by atoms with Crippen molar-refractivity contribution in [2.24, 2.45) is 14.1 Å². The minimum Gasteiger partial charge on any atom is -0.508 e. The van der Waals surface area contributed by atoms with Crippen LogP contribution in [0, 0.1) is 25.2 Å². The Labute approximate surface area is 404 Å². The molecule has 69 heavy (non-hydrogen) atoms. The number of nitrogens with one attached hydrogen (secondary N) is 1. The minimum absolute atomic E-state index is 0.000524. The van der Waals surface area contributed by atoms with Gasteiger partial charge in [0.05, 0.1) is 29.9 Å². The maximum atomic E-state index is 15.5. The summed E-state index contributed by atoms with van der Waals surface area (Å²) in [5.74, 6) is 0.336. The summed E-state index contributed by atoms with van der Waals surface area (Å²) in [7, 11) is 3.74. The molecule has 356 valence electrons. The normalized spacial score (nSPS) is 18.0. The highest BCUT2D eigenvalue weighted by molar-refractivity contribution is 6.14. The van der Waals surface area contributed by atoms with E-state index in [4.69, 9.17) is 9.47 Å². The Bertz CT molecular complexity index is 2970. The Morgan fingerprint density at radius 3 is 2.23 bits per heavy atom. The molecular weight excluding hydrogens is 867 g/mol. The summed E-state index contributed by atoms with van der Waals surface area (Å²) < 4.78 is 15.7. The zero-order chi connectivity index (χ0) is 48.7. The number of morpholine rings is 1. The minimum atomic E-state index is -0.367. The molecule has 9 rings (SSSR count). The molecule has 3 atom stereocenters. The summed E-state index contributed by atoms with van der Waals surface area (Å²) in [6, 6.07) is 30.4. The molecule has 0 spiro atoms. The first-order valence-corrected chi connectivity index (χ1v) is 23.9. The quantitative estimate of drug-likeness (QED) is 0.124. The first-order chi connectivity index (χ1) is 33.2. The van der Waals surface area contributed by atoms with E-state index in [1.165, 1.54) is 17.7 Å². The van der Waals surface area contributed by atoms with Gasteiger partial charge in [0.25, 0.3) is 11.8 Å². The molecular formula is C56H61N7O6. The second kappa shape index (κ2) is 19.5. The van der Waals surface area contributed by atoms with Gasteiger partial charge < -0.3 is 38.8 Å². The van der Waals surface area contributed by atoms with E-state index in [2.05, 4.69) is 55.3 Å². The molecule has 13 heteroatoms. The molecule has 5 heterocycles. The number of aromatic nitrogens is 2. The number of benzene rings is 4. The van der Waals surface area contributed by atoms with Crippen LogP contribution in [-0.4, -0.2) is 97.7 Å². The predicted molar refractivity (Wildman–Crippen MR) is 266 cm³/mol. The van der Waals surface area contributed by atoms with Crippen LogP contribution in [0.25, 0.3) is 22.4 Å². The summed E-state index contributed by atoms with van der Waals surface area (Å²) in [5, 5.41) is 23.2. The Morgan fingerprint density at radius 2 is 1.54 bits per heavy atom. The molecule has 1 fully saturated rings. The Kier molecular flexibility index (Phi) is 13.2. The van der Waals surface area contributed by atoms with Gasteiger partial charge in [0.1, 0.15) is 29.9 Å². The van der Waals surface area contributed by atoms with Crippen LogP contribution in [0.4, 0.5) is 5.69 Å². The maximum Gasteiger partial charge on any atom is 0.258 e. The van der Waals surface area contributed by atoms with Crippen LogP contribution in [0.1, 0.15) is 86.4 Å². The number of phenols is 1. The lowest BCUT2D eigenvalue weighted by Crippen LogP contribution is -2.46. The molecule has 4 aromatic carbocycles. The number of aromatic hydroxyl groups is 1. The number of phenolic OH excluding ortho intramolecular Hbond substituents is 1. The number of carbonyl (C=O) groups excluding carboxylic acids is 3. The third kappa shape index (κ3) is 9.52. The summed E-state index contributed by atoms with van der Waals surface area (Å²) in [4.78, 5) is 50.3.